The number of rotatable bonds is 8. The molecule has 0 aromatic carbocycles. The first-order valence-corrected chi connectivity index (χ1v) is 8.47. The largest absolute Gasteiger partial charge is 0.481 e. The molecule has 1 rings (SSSR count). The molecular weight excluding hydrogens is 268 g/mol. The molecule has 1 fully saturated rings. The topological polar surface area (TPSA) is 86.7 Å². The molecule has 0 bridgehead atoms. The number of nitrogens with one attached hydrogen (secondary N) is 1. The fraction of sp³-hybridized carbons (Fsp3) is 0.917. The van der Waals surface area contributed by atoms with Gasteiger partial charge in [0.1, 0.15) is 0 Å². The predicted octanol–water partition coefficient (Wildman–Crippen LogP) is 0.503. The van der Waals surface area contributed by atoms with E-state index in [2.05, 4.69) is 12.2 Å². The lowest BCUT2D eigenvalue weighted by Gasteiger charge is -2.31. The molecule has 0 aliphatic carbocycles. The zero-order valence-corrected chi connectivity index (χ0v) is 12.3. The van der Waals surface area contributed by atoms with Gasteiger partial charge in [-0.1, -0.05) is 6.92 Å². The number of nitrogens with zero attached hydrogens (tertiary/aromatic N) is 1. The van der Waals surface area contributed by atoms with Gasteiger partial charge in [-0.15, -0.1) is 0 Å². The average molecular weight is 292 g/mol. The first-order chi connectivity index (χ1) is 8.95. The van der Waals surface area contributed by atoms with Crippen molar-refractivity contribution >= 4 is 16.0 Å². The highest BCUT2D eigenvalue weighted by molar-refractivity contribution is 7.89. The van der Waals surface area contributed by atoms with Crippen LogP contribution in [0.5, 0.6) is 0 Å². The van der Waals surface area contributed by atoms with Gasteiger partial charge in [-0.25, -0.2) is 12.7 Å². The molecule has 1 saturated heterocycles. The standard InChI is InChI=1S/C12H24N2O4S/c1-2-13-10-11-5-7-14(8-6-11)19(17,18)9-3-4-12(15)16/h11,13H,2-10H2,1H3,(H,15,16). The van der Waals surface area contributed by atoms with E-state index >= 15 is 0 Å². The molecule has 0 radical (unpaired) electrons. The molecule has 6 nitrogen and oxygen atoms in total. The molecule has 0 unspecified atom stereocenters. The maximum absolute atomic E-state index is 12.0. The second kappa shape index (κ2) is 7.81. The molecule has 0 aromatic heterocycles. The minimum atomic E-state index is -3.27. The molecule has 0 saturated carbocycles. The van der Waals surface area contributed by atoms with Gasteiger partial charge in [-0.2, -0.15) is 0 Å². The van der Waals surface area contributed by atoms with Crippen LogP contribution in [0, 0.1) is 5.92 Å². The summed E-state index contributed by atoms with van der Waals surface area (Å²) in [4.78, 5) is 10.4. The molecule has 1 heterocycles. The van der Waals surface area contributed by atoms with Gasteiger partial charge in [0.05, 0.1) is 5.75 Å². The summed E-state index contributed by atoms with van der Waals surface area (Å²) in [5.41, 5.74) is 0. The van der Waals surface area contributed by atoms with Gasteiger partial charge in [-0.05, 0) is 38.3 Å². The molecular formula is C12H24N2O4S. The van der Waals surface area contributed by atoms with E-state index < -0.39 is 16.0 Å². The third-order valence-corrected chi connectivity index (χ3v) is 5.40. The van der Waals surface area contributed by atoms with E-state index in [1.54, 1.807) is 0 Å². The van der Waals surface area contributed by atoms with Crippen LogP contribution in [0.4, 0.5) is 0 Å². The molecule has 1 aliphatic heterocycles. The van der Waals surface area contributed by atoms with Gasteiger partial charge in [0.25, 0.3) is 0 Å². The molecule has 0 aromatic rings. The first kappa shape index (κ1) is 16.4. The molecule has 2 N–H and O–H groups in total. The Morgan fingerprint density at radius 3 is 2.53 bits per heavy atom. The van der Waals surface area contributed by atoms with E-state index in [0.717, 1.165) is 25.9 Å². The summed E-state index contributed by atoms with van der Waals surface area (Å²) in [6.07, 6.45) is 1.86. The lowest BCUT2D eigenvalue weighted by Crippen LogP contribution is -2.41. The SMILES string of the molecule is CCNCC1CCN(S(=O)(=O)CCCC(=O)O)CC1. The van der Waals surface area contributed by atoms with E-state index in [4.69, 9.17) is 5.11 Å². The van der Waals surface area contributed by atoms with Gasteiger partial charge in [0.2, 0.25) is 10.0 Å². The van der Waals surface area contributed by atoms with E-state index in [1.807, 2.05) is 0 Å². The summed E-state index contributed by atoms with van der Waals surface area (Å²) >= 11 is 0. The van der Waals surface area contributed by atoms with Gasteiger partial charge >= 0.3 is 5.97 Å². The van der Waals surface area contributed by atoms with E-state index in [-0.39, 0.29) is 18.6 Å². The van der Waals surface area contributed by atoms with Crippen molar-refractivity contribution in [2.24, 2.45) is 5.92 Å². The smallest absolute Gasteiger partial charge is 0.303 e. The second-order valence-corrected chi connectivity index (χ2v) is 7.05. The Morgan fingerprint density at radius 1 is 1.37 bits per heavy atom. The third kappa shape index (κ3) is 5.88. The van der Waals surface area contributed by atoms with Crippen molar-refractivity contribution in [1.82, 2.24) is 9.62 Å². The van der Waals surface area contributed by atoms with Crippen molar-refractivity contribution in [2.75, 3.05) is 31.9 Å². The van der Waals surface area contributed by atoms with E-state index in [1.165, 1.54) is 4.31 Å². The monoisotopic (exact) mass is 292 g/mol. The number of sulfonamides is 1. The summed E-state index contributed by atoms with van der Waals surface area (Å²) in [6, 6.07) is 0. The maximum atomic E-state index is 12.0. The number of hydrogen-bond acceptors (Lipinski definition) is 4. The van der Waals surface area contributed by atoms with Crippen molar-refractivity contribution < 1.29 is 18.3 Å². The Bertz CT molecular complexity index is 375. The summed E-state index contributed by atoms with van der Waals surface area (Å²) < 4.78 is 25.5. The average Bonchev–Trinajstić information content (AvgIpc) is 2.36. The van der Waals surface area contributed by atoms with E-state index in [9.17, 15) is 13.2 Å². The molecule has 1 aliphatic rings. The van der Waals surface area contributed by atoms with Crippen LogP contribution in [-0.2, 0) is 14.8 Å². The van der Waals surface area contributed by atoms with Crippen molar-refractivity contribution in [3.63, 3.8) is 0 Å². The summed E-state index contributed by atoms with van der Waals surface area (Å²) in [6.45, 7) is 5.07. The first-order valence-electron chi connectivity index (χ1n) is 6.86. The zero-order chi connectivity index (χ0) is 14.3. The van der Waals surface area contributed by atoms with Crippen LogP contribution in [0.25, 0.3) is 0 Å². The molecule has 7 heteroatoms. The summed E-state index contributed by atoms with van der Waals surface area (Å²) in [7, 11) is -3.27. The normalized spacial score (nSPS) is 18.6. The summed E-state index contributed by atoms with van der Waals surface area (Å²) in [5, 5.41) is 11.8. The van der Waals surface area contributed by atoms with Crippen LogP contribution in [-0.4, -0.2) is 55.7 Å². The highest BCUT2D eigenvalue weighted by Gasteiger charge is 2.27. The number of hydrogen-bond donors (Lipinski definition) is 2. The van der Waals surface area contributed by atoms with Crippen LogP contribution in [0.3, 0.4) is 0 Å². The lowest BCUT2D eigenvalue weighted by molar-refractivity contribution is -0.137. The molecule has 0 spiro atoms. The fourth-order valence-corrected chi connectivity index (χ4v) is 3.81. The highest BCUT2D eigenvalue weighted by Crippen LogP contribution is 2.19. The molecule has 19 heavy (non-hydrogen) atoms. The predicted molar refractivity (Wildman–Crippen MR) is 73.5 cm³/mol. The minimum absolute atomic E-state index is 0.0584. The van der Waals surface area contributed by atoms with Crippen LogP contribution in [0.2, 0.25) is 0 Å². The Balaban J connectivity index is 2.34. The second-order valence-electron chi connectivity index (χ2n) is 4.96. The Labute approximate surface area is 115 Å². The number of carbonyl (C=O) groups is 1. The number of carboxylic acids is 1. The fourth-order valence-electron chi connectivity index (χ4n) is 2.27. The minimum Gasteiger partial charge on any atom is -0.481 e. The quantitative estimate of drug-likeness (QED) is 0.680. The Kier molecular flexibility index (Phi) is 6.74. The zero-order valence-electron chi connectivity index (χ0n) is 11.5. The van der Waals surface area contributed by atoms with Gasteiger partial charge in [0, 0.05) is 19.5 Å². The highest BCUT2D eigenvalue weighted by atomic mass is 32.2. The Hall–Kier alpha value is -0.660. The van der Waals surface area contributed by atoms with Crippen molar-refractivity contribution in [3.8, 4) is 0 Å². The number of aliphatic carboxylic acids is 1. The van der Waals surface area contributed by atoms with Gasteiger partial charge in [0.15, 0.2) is 0 Å². The van der Waals surface area contributed by atoms with Crippen LogP contribution in [0.15, 0.2) is 0 Å². The van der Waals surface area contributed by atoms with Gasteiger partial charge < -0.3 is 10.4 Å². The maximum Gasteiger partial charge on any atom is 0.303 e. The number of piperidine rings is 1. The molecule has 0 amide bonds. The third-order valence-electron chi connectivity index (χ3n) is 3.44. The summed E-state index contributed by atoms with van der Waals surface area (Å²) in [5.74, 6) is -0.457. The lowest BCUT2D eigenvalue weighted by atomic mass is 9.98. The van der Waals surface area contributed by atoms with E-state index in [0.29, 0.717) is 19.0 Å². The van der Waals surface area contributed by atoms with Gasteiger partial charge in [-0.3, -0.25) is 4.79 Å². The van der Waals surface area contributed by atoms with Crippen LogP contribution in [0.1, 0.15) is 32.6 Å². The van der Waals surface area contributed by atoms with Crippen molar-refractivity contribution in [1.29, 1.82) is 0 Å². The van der Waals surface area contributed by atoms with Crippen LogP contribution < -0.4 is 5.32 Å². The number of carboxylic acid groups (broad SMARTS) is 1. The van der Waals surface area contributed by atoms with Crippen molar-refractivity contribution in [3.05, 3.63) is 0 Å². The molecule has 0 atom stereocenters. The molecule has 112 valence electrons. The van der Waals surface area contributed by atoms with Crippen LogP contribution >= 0.6 is 0 Å². The Morgan fingerprint density at radius 2 is 2.00 bits per heavy atom. The van der Waals surface area contributed by atoms with Crippen molar-refractivity contribution in [2.45, 2.75) is 32.6 Å².